The SMILES string of the molecule is Cc1ccc(C=CC(=O)NC(=S)Nc2cc(Cl)c(Cl)cc2Cl)o1. The second kappa shape index (κ2) is 7.84. The van der Waals surface area contributed by atoms with Gasteiger partial charge in [0.2, 0.25) is 5.91 Å². The molecule has 1 amide bonds. The van der Waals surface area contributed by atoms with Gasteiger partial charge >= 0.3 is 0 Å². The predicted octanol–water partition coefficient (Wildman–Crippen LogP) is 5.07. The van der Waals surface area contributed by atoms with Crippen molar-refractivity contribution in [1.82, 2.24) is 5.32 Å². The van der Waals surface area contributed by atoms with Gasteiger partial charge in [-0.15, -0.1) is 0 Å². The highest BCUT2D eigenvalue weighted by atomic mass is 35.5. The normalized spacial score (nSPS) is 10.8. The van der Waals surface area contributed by atoms with Gasteiger partial charge in [0.1, 0.15) is 11.5 Å². The summed E-state index contributed by atoms with van der Waals surface area (Å²) in [6.45, 7) is 1.82. The minimum Gasteiger partial charge on any atom is -0.462 e. The second-order valence-corrected chi connectivity index (χ2v) is 6.10. The molecule has 120 valence electrons. The number of carbonyl (C=O) groups excluding carboxylic acids is 1. The summed E-state index contributed by atoms with van der Waals surface area (Å²) in [7, 11) is 0. The van der Waals surface area contributed by atoms with Crippen LogP contribution in [-0.2, 0) is 4.79 Å². The minimum atomic E-state index is -0.410. The molecule has 0 aliphatic carbocycles. The van der Waals surface area contributed by atoms with Crippen LogP contribution in [-0.4, -0.2) is 11.0 Å². The van der Waals surface area contributed by atoms with Crippen LogP contribution in [0.25, 0.3) is 6.08 Å². The first-order valence-corrected chi connectivity index (χ1v) is 7.90. The second-order valence-electron chi connectivity index (χ2n) is 4.47. The number of rotatable bonds is 3. The molecule has 1 heterocycles. The van der Waals surface area contributed by atoms with Gasteiger partial charge in [-0.25, -0.2) is 0 Å². The molecular formula is C15H11Cl3N2O2S. The maximum Gasteiger partial charge on any atom is 0.250 e. The summed E-state index contributed by atoms with van der Waals surface area (Å²) in [5.41, 5.74) is 0.442. The average molecular weight is 390 g/mol. The summed E-state index contributed by atoms with van der Waals surface area (Å²) in [4.78, 5) is 11.8. The number of amides is 1. The molecule has 0 saturated carbocycles. The molecule has 4 nitrogen and oxygen atoms in total. The van der Waals surface area contributed by atoms with Crippen LogP contribution in [0.5, 0.6) is 0 Å². The van der Waals surface area contributed by atoms with Crippen molar-refractivity contribution in [2.75, 3.05) is 5.32 Å². The molecule has 2 N–H and O–H groups in total. The van der Waals surface area contributed by atoms with Gasteiger partial charge in [0.25, 0.3) is 0 Å². The summed E-state index contributed by atoms with van der Waals surface area (Å²) in [5.74, 6) is 0.924. The number of nitrogens with one attached hydrogen (secondary N) is 2. The van der Waals surface area contributed by atoms with E-state index in [9.17, 15) is 4.79 Å². The van der Waals surface area contributed by atoms with Crippen molar-refractivity contribution in [3.63, 3.8) is 0 Å². The number of furan rings is 1. The molecule has 1 aromatic heterocycles. The van der Waals surface area contributed by atoms with E-state index in [2.05, 4.69) is 10.6 Å². The summed E-state index contributed by atoms with van der Waals surface area (Å²) in [6, 6.07) is 6.56. The zero-order chi connectivity index (χ0) is 17.0. The van der Waals surface area contributed by atoms with Gasteiger partial charge in [-0.2, -0.15) is 0 Å². The molecule has 0 fully saturated rings. The third kappa shape index (κ3) is 5.25. The van der Waals surface area contributed by atoms with E-state index in [1.54, 1.807) is 12.1 Å². The van der Waals surface area contributed by atoms with Crippen molar-refractivity contribution >= 4 is 69.8 Å². The number of benzene rings is 1. The van der Waals surface area contributed by atoms with Crippen molar-refractivity contribution in [1.29, 1.82) is 0 Å². The highest BCUT2D eigenvalue weighted by Crippen LogP contribution is 2.32. The number of halogens is 3. The summed E-state index contributed by atoms with van der Waals surface area (Å²) < 4.78 is 5.31. The Labute approximate surface area is 153 Å². The van der Waals surface area contributed by atoms with E-state index in [1.165, 1.54) is 24.3 Å². The fourth-order valence-electron chi connectivity index (χ4n) is 1.63. The molecule has 0 saturated heterocycles. The Balaban J connectivity index is 1.95. The van der Waals surface area contributed by atoms with E-state index < -0.39 is 5.91 Å². The Hall–Kier alpha value is -1.53. The Morgan fingerprint density at radius 3 is 2.52 bits per heavy atom. The Kier molecular flexibility index (Phi) is 6.07. The van der Waals surface area contributed by atoms with Crippen molar-refractivity contribution in [2.24, 2.45) is 0 Å². The predicted molar refractivity (Wildman–Crippen MR) is 98.3 cm³/mol. The topological polar surface area (TPSA) is 54.3 Å². The number of anilines is 1. The van der Waals surface area contributed by atoms with Crippen LogP contribution < -0.4 is 10.6 Å². The van der Waals surface area contributed by atoms with Gasteiger partial charge in [-0.3, -0.25) is 10.1 Å². The summed E-state index contributed by atoms with van der Waals surface area (Å²) in [6.07, 6.45) is 2.85. The zero-order valence-electron chi connectivity index (χ0n) is 11.8. The highest BCUT2D eigenvalue weighted by Gasteiger charge is 2.08. The molecule has 0 unspecified atom stereocenters. The Bertz CT molecular complexity index is 787. The monoisotopic (exact) mass is 388 g/mol. The van der Waals surface area contributed by atoms with Crippen LogP contribution in [0, 0.1) is 6.92 Å². The fourth-order valence-corrected chi connectivity index (χ4v) is 2.43. The Morgan fingerprint density at radius 1 is 1.17 bits per heavy atom. The van der Waals surface area contributed by atoms with Crippen LogP contribution in [0.2, 0.25) is 15.1 Å². The first-order chi connectivity index (χ1) is 10.8. The van der Waals surface area contributed by atoms with E-state index in [4.69, 9.17) is 51.4 Å². The molecule has 8 heteroatoms. The van der Waals surface area contributed by atoms with E-state index in [0.717, 1.165) is 5.76 Å². The lowest BCUT2D eigenvalue weighted by Gasteiger charge is -2.10. The molecule has 0 spiro atoms. The fraction of sp³-hybridized carbons (Fsp3) is 0.0667. The van der Waals surface area contributed by atoms with Crippen molar-refractivity contribution in [3.05, 3.63) is 56.9 Å². The van der Waals surface area contributed by atoms with E-state index in [-0.39, 0.29) is 5.11 Å². The van der Waals surface area contributed by atoms with Crippen molar-refractivity contribution < 1.29 is 9.21 Å². The molecule has 0 bridgehead atoms. The van der Waals surface area contributed by atoms with Crippen LogP contribution >= 0.6 is 47.0 Å². The smallest absolute Gasteiger partial charge is 0.250 e. The van der Waals surface area contributed by atoms with Crippen LogP contribution in [0.4, 0.5) is 5.69 Å². The summed E-state index contributed by atoms with van der Waals surface area (Å²) in [5, 5.41) is 6.32. The van der Waals surface area contributed by atoms with Crippen LogP contribution in [0.15, 0.2) is 34.8 Å². The zero-order valence-corrected chi connectivity index (χ0v) is 14.9. The first kappa shape index (κ1) is 17.8. The maximum atomic E-state index is 11.8. The van der Waals surface area contributed by atoms with Gasteiger partial charge in [0.05, 0.1) is 20.8 Å². The highest BCUT2D eigenvalue weighted by molar-refractivity contribution is 7.80. The largest absolute Gasteiger partial charge is 0.462 e. The number of thiocarbonyl (C=S) groups is 1. The summed E-state index contributed by atoms with van der Waals surface area (Å²) >= 11 is 22.8. The first-order valence-electron chi connectivity index (χ1n) is 6.36. The van der Waals surface area contributed by atoms with E-state index in [1.807, 2.05) is 6.92 Å². The number of hydrogen-bond donors (Lipinski definition) is 2. The lowest BCUT2D eigenvalue weighted by Crippen LogP contribution is -2.32. The molecule has 1 aromatic carbocycles. The van der Waals surface area contributed by atoms with E-state index >= 15 is 0 Å². The quantitative estimate of drug-likeness (QED) is 0.437. The number of carbonyl (C=O) groups is 1. The average Bonchev–Trinajstić information content (AvgIpc) is 2.88. The molecular weight excluding hydrogens is 379 g/mol. The number of hydrogen-bond acceptors (Lipinski definition) is 3. The van der Waals surface area contributed by atoms with Crippen LogP contribution in [0.3, 0.4) is 0 Å². The molecule has 0 aliphatic rings. The van der Waals surface area contributed by atoms with E-state index in [0.29, 0.717) is 26.5 Å². The molecule has 23 heavy (non-hydrogen) atoms. The lowest BCUT2D eigenvalue weighted by atomic mass is 10.3. The third-order valence-electron chi connectivity index (χ3n) is 2.66. The molecule has 2 rings (SSSR count). The number of aryl methyl sites for hydroxylation is 1. The standard InChI is InChI=1S/C15H11Cl3N2O2S/c1-8-2-3-9(22-8)4-5-14(21)20-15(23)19-13-7-11(17)10(16)6-12(13)18/h2-7H,1H3,(H2,19,20,21,23). The third-order valence-corrected chi connectivity index (χ3v) is 3.89. The lowest BCUT2D eigenvalue weighted by molar-refractivity contribution is -0.115. The maximum absolute atomic E-state index is 11.8. The molecule has 0 aliphatic heterocycles. The Morgan fingerprint density at radius 2 is 1.87 bits per heavy atom. The van der Waals surface area contributed by atoms with Crippen molar-refractivity contribution in [2.45, 2.75) is 6.92 Å². The minimum absolute atomic E-state index is 0.0792. The van der Waals surface area contributed by atoms with Crippen LogP contribution in [0.1, 0.15) is 11.5 Å². The molecule has 0 radical (unpaired) electrons. The van der Waals surface area contributed by atoms with Gasteiger partial charge in [-0.1, -0.05) is 34.8 Å². The van der Waals surface area contributed by atoms with Crippen molar-refractivity contribution in [3.8, 4) is 0 Å². The van der Waals surface area contributed by atoms with Gasteiger partial charge in [0.15, 0.2) is 5.11 Å². The van der Waals surface area contributed by atoms with Gasteiger partial charge in [0, 0.05) is 6.08 Å². The van der Waals surface area contributed by atoms with Gasteiger partial charge < -0.3 is 9.73 Å². The van der Waals surface area contributed by atoms with Gasteiger partial charge in [-0.05, 0) is 49.5 Å². The molecule has 2 aromatic rings. The molecule has 0 atom stereocenters.